The molecule has 0 aliphatic carbocycles. The molecule has 3 aromatic heterocycles. The van der Waals surface area contributed by atoms with Crippen LogP contribution in [0.2, 0.25) is 0 Å². The van der Waals surface area contributed by atoms with Crippen LogP contribution in [-0.4, -0.2) is 140 Å². The van der Waals surface area contributed by atoms with Gasteiger partial charge in [0.05, 0.1) is 23.8 Å². The van der Waals surface area contributed by atoms with E-state index < -0.39 is 11.9 Å². The summed E-state index contributed by atoms with van der Waals surface area (Å²) in [6.07, 6.45) is 9.36. The van der Waals surface area contributed by atoms with Crippen LogP contribution >= 0.6 is 0 Å². The fourth-order valence-corrected chi connectivity index (χ4v) is 10.4. The molecular formula is C49H56N12O5. The lowest BCUT2D eigenvalue weighted by molar-refractivity contribution is -0.136. The van der Waals surface area contributed by atoms with E-state index in [1.807, 2.05) is 23.1 Å². The van der Waals surface area contributed by atoms with E-state index in [1.165, 1.54) is 10.3 Å². The number of benzene rings is 3. The summed E-state index contributed by atoms with van der Waals surface area (Å²) < 4.78 is 4.82. The number of imide groups is 1. The van der Waals surface area contributed by atoms with E-state index in [2.05, 4.69) is 83.9 Å². The number of nitrogens with one attached hydrogen (secondary N) is 2. The van der Waals surface area contributed by atoms with Crippen molar-refractivity contribution in [3.63, 3.8) is 0 Å². The summed E-state index contributed by atoms with van der Waals surface area (Å²) in [4.78, 5) is 78.6. The number of aryl methyl sites for hydroxylation is 2. The quantitative estimate of drug-likeness (QED) is 0.190. The number of hydrogen-bond acceptors (Lipinski definition) is 10. The molecule has 3 aromatic carbocycles. The van der Waals surface area contributed by atoms with Crippen LogP contribution in [0.4, 0.5) is 11.4 Å². The van der Waals surface area contributed by atoms with Crippen molar-refractivity contribution in [1.82, 2.24) is 49.1 Å². The number of piperazine rings is 1. The number of carbonyl (C=O) groups excluding carboxylic acids is 4. The summed E-state index contributed by atoms with van der Waals surface area (Å²) in [5.74, 6) is -0.731. The Morgan fingerprint density at radius 2 is 1.58 bits per heavy atom. The Bertz CT molecular complexity index is 2910. The lowest BCUT2D eigenvalue weighted by Crippen LogP contribution is -2.53. The van der Waals surface area contributed by atoms with Crippen LogP contribution < -0.4 is 20.8 Å². The molecule has 0 radical (unpaired) electrons. The third-order valence-electron chi connectivity index (χ3n) is 14.1. The number of aromatic nitrogens is 6. The van der Waals surface area contributed by atoms with Gasteiger partial charge in [-0.05, 0) is 96.5 Å². The van der Waals surface area contributed by atoms with Gasteiger partial charge < -0.3 is 24.6 Å². The van der Waals surface area contributed by atoms with Gasteiger partial charge in [0.1, 0.15) is 11.7 Å². The molecule has 1 atom stereocenters. The number of amides is 4. The first kappa shape index (κ1) is 42.9. The van der Waals surface area contributed by atoms with Crippen molar-refractivity contribution in [2.45, 2.75) is 57.2 Å². The van der Waals surface area contributed by atoms with Crippen LogP contribution in [0.15, 0.2) is 83.9 Å². The minimum absolute atomic E-state index is 0.0846. The van der Waals surface area contributed by atoms with Crippen LogP contribution in [0.25, 0.3) is 38.6 Å². The van der Waals surface area contributed by atoms with Gasteiger partial charge in [0.15, 0.2) is 0 Å². The highest BCUT2D eigenvalue weighted by Gasteiger charge is 2.33. The largest absolute Gasteiger partial charge is 0.371 e. The highest BCUT2D eigenvalue weighted by Crippen LogP contribution is 2.36. The molecule has 1 unspecified atom stereocenters. The highest BCUT2D eigenvalue weighted by atomic mass is 16.2. The second-order valence-corrected chi connectivity index (χ2v) is 18.3. The molecular weight excluding hydrogens is 837 g/mol. The summed E-state index contributed by atoms with van der Waals surface area (Å²) in [6, 6.07) is 20.9. The molecule has 0 spiro atoms. The Morgan fingerprint density at radius 3 is 2.30 bits per heavy atom. The lowest BCUT2D eigenvalue weighted by Gasteiger charge is -2.43. The maximum Gasteiger partial charge on any atom is 0.329 e. The SMILES string of the molecule is CN(C)C(=O)c1cc2c(-c3ccc(N4CCN(C5CCN(c6ccc7c(c6)n(C)c(=O)n7C6CCC(=O)NC6=O)CC5)CC4)cc3)cc(C3=CCCN(C(=O)CCn4ccnn4)C3)cc2[nH]1. The number of nitrogens with zero attached hydrogens (tertiary/aromatic N) is 10. The van der Waals surface area contributed by atoms with E-state index in [0.717, 1.165) is 103 Å². The van der Waals surface area contributed by atoms with E-state index in [9.17, 15) is 24.0 Å². The van der Waals surface area contributed by atoms with Gasteiger partial charge in [-0.3, -0.25) is 43.2 Å². The summed E-state index contributed by atoms with van der Waals surface area (Å²) >= 11 is 0. The van der Waals surface area contributed by atoms with Crippen molar-refractivity contribution < 1.29 is 19.2 Å². The zero-order valence-electron chi connectivity index (χ0n) is 37.8. The summed E-state index contributed by atoms with van der Waals surface area (Å²) in [5, 5.41) is 11.2. The van der Waals surface area contributed by atoms with E-state index in [4.69, 9.17) is 0 Å². The topological polar surface area (TPSA) is 170 Å². The maximum atomic E-state index is 13.3. The molecule has 0 saturated carbocycles. The van der Waals surface area contributed by atoms with Crippen LogP contribution in [0, 0.1) is 0 Å². The van der Waals surface area contributed by atoms with Gasteiger partial charge in [0.25, 0.3) is 5.91 Å². The molecule has 7 heterocycles. The van der Waals surface area contributed by atoms with E-state index in [-0.39, 0.29) is 29.8 Å². The van der Waals surface area contributed by atoms with E-state index in [0.29, 0.717) is 49.7 Å². The number of anilines is 2. The number of hydrogen-bond donors (Lipinski definition) is 2. The first-order valence-corrected chi connectivity index (χ1v) is 23.1. The average molecular weight is 893 g/mol. The van der Waals surface area contributed by atoms with Crippen molar-refractivity contribution >= 4 is 62.5 Å². The fraction of sp³-hybridized carbons (Fsp3) is 0.408. The lowest BCUT2D eigenvalue weighted by atomic mass is 9.93. The number of H-pyrrole nitrogens is 1. The standard InChI is InChI=1S/C49H56N12O5/c1-54(2)48(65)41-30-39-38(27-34(28-40(39)51-41)33-5-4-18-59(31-33)46(63)16-21-60-22-17-50-53-60)32-6-8-35(9-7-32)57-23-25-58(26-24-57)36-14-19-56(20-15-36)37-10-11-42-44(29-37)55(3)49(66)61(42)43-12-13-45(62)52-47(43)64/h5-11,17,22,27-30,36,43,51H,4,12-16,18-21,23-26,31H2,1-3H3,(H,52,62,64). The monoisotopic (exact) mass is 892 g/mol. The number of carbonyl (C=O) groups is 4. The van der Waals surface area contributed by atoms with Crippen molar-refractivity contribution in [3.8, 4) is 11.1 Å². The molecule has 0 bridgehead atoms. The molecule has 4 aliphatic rings. The Balaban J connectivity index is 0.791. The van der Waals surface area contributed by atoms with Gasteiger partial charge in [0.2, 0.25) is 17.7 Å². The fourth-order valence-electron chi connectivity index (χ4n) is 10.4. The van der Waals surface area contributed by atoms with E-state index >= 15 is 0 Å². The Kier molecular flexibility index (Phi) is 11.5. The molecule has 6 aromatic rings. The van der Waals surface area contributed by atoms with Gasteiger partial charge in [-0.15, -0.1) is 5.10 Å². The number of piperidine rings is 2. The molecule has 4 amide bonds. The molecule has 10 rings (SSSR count). The second kappa shape index (κ2) is 17.8. The van der Waals surface area contributed by atoms with Gasteiger partial charge in [0, 0.05) is 121 Å². The van der Waals surface area contributed by atoms with Crippen LogP contribution in [0.1, 0.15) is 60.6 Å². The minimum atomic E-state index is -0.698. The molecule has 4 aliphatic heterocycles. The molecule has 17 nitrogen and oxygen atoms in total. The average Bonchev–Trinajstić information content (AvgIpc) is 4.09. The Labute approximate surface area is 382 Å². The van der Waals surface area contributed by atoms with Gasteiger partial charge >= 0.3 is 5.69 Å². The third kappa shape index (κ3) is 8.27. The molecule has 66 heavy (non-hydrogen) atoms. The van der Waals surface area contributed by atoms with Crippen LogP contribution in [0.5, 0.6) is 0 Å². The first-order valence-electron chi connectivity index (χ1n) is 23.1. The predicted octanol–water partition coefficient (Wildman–Crippen LogP) is 4.26. The smallest absolute Gasteiger partial charge is 0.329 e. The number of rotatable bonds is 10. The van der Waals surface area contributed by atoms with Crippen molar-refractivity contribution in [2.24, 2.45) is 7.05 Å². The third-order valence-corrected chi connectivity index (χ3v) is 14.1. The van der Waals surface area contributed by atoms with Gasteiger partial charge in [-0.2, -0.15) is 0 Å². The van der Waals surface area contributed by atoms with Gasteiger partial charge in [-0.25, -0.2) is 4.79 Å². The zero-order chi connectivity index (χ0) is 45.6. The van der Waals surface area contributed by atoms with Crippen LogP contribution in [0.3, 0.4) is 0 Å². The van der Waals surface area contributed by atoms with Crippen molar-refractivity contribution in [1.29, 1.82) is 0 Å². The Morgan fingerprint density at radius 1 is 0.818 bits per heavy atom. The molecule has 3 saturated heterocycles. The summed E-state index contributed by atoms with van der Waals surface area (Å²) in [6.45, 7) is 7.34. The van der Waals surface area contributed by atoms with Crippen LogP contribution in [-0.2, 0) is 28.0 Å². The first-order chi connectivity index (χ1) is 32.0. The summed E-state index contributed by atoms with van der Waals surface area (Å²) in [5.41, 5.74) is 9.09. The predicted molar refractivity (Wildman–Crippen MR) is 253 cm³/mol. The molecule has 2 N–H and O–H groups in total. The normalized spacial score (nSPS) is 18.9. The Hall–Kier alpha value is -7.01. The maximum absolute atomic E-state index is 13.3. The summed E-state index contributed by atoms with van der Waals surface area (Å²) in [7, 11) is 5.25. The second-order valence-electron chi connectivity index (χ2n) is 18.3. The molecule has 342 valence electrons. The van der Waals surface area contributed by atoms with Crippen molar-refractivity contribution in [2.75, 3.05) is 76.3 Å². The zero-order valence-corrected chi connectivity index (χ0v) is 37.8. The number of fused-ring (bicyclic) bond motifs is 2. The molecule has 17 heteroatoms. The highest BCUT2D eigenvalue weighted by molar-refractivity contribution is 6.04. The van der Waals surface area contributed by atoms with Crippen molar-refractivity contribution in [3.05, 3.63) is 101 Å². The van der Waals surface area contributed by atoms with Gasteiger partial charge in [-0.1, -0.05) is 23.4 Å². The van der Waals surface area contributed by atoms with E-state index in [1.54, 1.807) is 47.7 Å². The minimum Gasteiger partial charge on any atom is -0.371 e. The number of aromatic amines is 1. The molecule has 3 fully saturated rings. The number of imidazole rings is 1.